The van der Waals surface area contributed by atoms with Gasteiger partial charge in [-0.1, -0.05) is 17.9 Å². The Hall–Kier alpha value is -1.99. The molecule has 1 rings (SSSR count). The second kappa shape index (κ2) is 7.86. The maximum atomic E-state index is 13.1. The molecule has 0 saturated heterocycles. The van der Waals surface area contributed by atoms with Gasteiger partial charge in [0.25, 0.3) is 0 Å². The standard InChI is InChI=1S/C18H21F2NO/c1-18(2,3)8-6-5-7-9-21(4)13-17(22)14-10-15(19)12-16(20)11-14/h5,7,10-12H,9,13H2,1-4H3. The third kappa shape index (κ3) is 7.14. The Morgan fingerprint density at radius 1 is 1.23 bits per heavy atom. The molecule has 22 heavy (non-hydrogen) atoms. The van der Waals surface area contributed by atoms with Gasteiger partial charge in [0, 0.05) is 23.6 Å². The van der Waals surface area contributed by atoms with Crippen LogP contribution in [0.4, 0.5) is 8.78 Å². The molecule has 0 bridgehead atoms. The summed E-state index contributed by atoms with van der Waals surface area (Å²) in [6.45, 7) is 6.69. The van der Waals surface area contributed by atoms with Crippen LogP contribution in [-0.2, 0) is 0 Å². The number of rotatable bonds is 5. The SMILES string of the molecule is CN(CC=CC#CC(C)(C)C)CC(=O)c1cc(F)cc(F)c1. The highest BCUT2D eigenvalue weighted by Gasteiger charge is 2.11. The first-order valence-corrected chi connectivity index (χ1v) is 7.03. The van der Waals surface area contributed by atoms with Crippen molar-refractivity contribution < 1.29 is 13.6 Å². The van der Waals surface area contributed by atoms with Crippen molar-refractivity contribution >= 4 is 5.78 Å². The fourth-order valence-electron chi connectivity index (χ4n) is 1.67. The monoisotopic (exact) mass is 305 g/mol. The van der Waals surface area contributed by atoms with Crippen molar-refractivity contribution in [2.24, 2.45) is 5.41 Å². The highest BCUT2D eigenvalue weighted by Crippen LogP contribution is 2.10. The fourth-order valence-corrected chi connectivity index (χ4v) is 1.67. The van der Waals surface area contributed by atoms with Crippen LogP contribution in [0.3, 0.4) is 0 Å². The summed E-state index contributed by atoms with van der Waals surface area (Å²) >= 11 is 0. The molecule has 0 aromatic heterocycles. The number of likely N-dealkylation sites (N-methyl/N-ethyl adjacent to an activating group) is 1. The van der Waals surface area contributed by atoms with Gasteiger partial charge in [-0.3, -0.25) is 9.69 Å². The first-order chi connectivity index (χ1) is 10.2. The summed E-state index contributed by atoms with van der Waals surface area (Å²) in [5.74, 6) is 4.19. The quantitative estimate of drug-likeness (QED) is 0.611. The average Bonchev–Trinajstić information content (AvgIpc) is 2.35. The Kier molecular flexibility index (Phi) is 6.45. The zero-order valence-corrected chi connectivity index (χ0v) is 13.4. The predicted molar refractivity (Wildman–Crippen MR) is 84.6 cm³/mol. The van der Waals surface area contributed by atoms with E-state index in [2.05, 4.69) is 11.8 Å². The van der Waals surface area contributed by atoms with Gasteiger partial charge in [-0.05, 0) is 46.0 Å². The van der Waals surface area contributed by atoms with Gasteiger partial charge in [0.1, 0.15) is 11.6 Å². The lowest BCUT2D eigenvalue weighted by molar-refractivity contribution is 0.0951. The van der Waals surface area contributed by atoms with Crippen LogP contribution in [0.5, 0.6) is 0 Å². The van der Waals surface area contributed by atoms with Gasteiger partial charge in [-0.2, -0.15) is 0 Å². The summed E-state index contributed by atoms with van der Waals surface area (Å²) in [5.41, 5.74) is -0.00550. The molecule has 0 N–H and O–H groups in total. The summed E-state index contributed by atoms with van der Waals surface area (Å²) in [6.07, 6.45) is 3.59. The van der Waals surface area contributed by atoms with Gasteiger partial charge in [0.15, 0.2) is 5.78 Å². The normalized spacial score (nSPS) is 11.6. The van der Waals surface area contributed by atoms with E-state index in [1.54, 1.807) is 18.0 Å². The molecule has 118 valence electrons. The minimum Gasteiger partial charge on any atom is -0.295 e. The highest BCUT2D eigenvalue weighted by atomic mass is 19.1. The molecule has 1 aromatic rings. The first kappa shape index (κ1) is 18.1. The number of ketones is 1. The molecule has 0 unspecified atom stereocenters. The summed E-state index contributed by atoms with van der Waals surface area (Å²) < 4.78 is 26.2. The molecular weight excluding hydrogens is 284 g/mol. The topological polar surface area (TPSA) is 20.3 Å². The van der Waals surface area contributed by atoms with Gasteiger partial charge < -0.3 is 0 Å². The van der Waals surface area contributed by atoms with E-state index in [1.165, 1.54) is 0 Å². The lowest BCUT2D eigenvalue weighted by atomic mass is 9.98. The Bertz CT molecular complexity index is 598. The van der Waals surface area contributed by atoms with Crippen molar-refractivity contribution in [3.63, 3.8) is 0 Å². The number of carbonyl (C=O) groups excluding carboxylic acids is 1. The highest BCUT2D eigenvalue weighted by molar-refractivity contribution is 5.97. The summed E-state index contributed by atoms with van der Waals surface area (Å²) in [6, 6.07) is 2.84. The number of Topliss-reactive ketones (excluding diaryl/α,β-unsaturated/α-hetero) is 1. The zero-order chi connectivity index (χ0) is 16.8. The van der Waals surface area contributed by atoms with Crippen molar-refractivity contribution in [1.29, 1.82) is 0 Å². The van der Waals surface area contributed by atoms with Crippen LogP contribution in [0.25, 0.3) is 0 Å². The molecule has 0 aliphatic carbocycles. The van der Waals surface area contributed by atoms with Gasteiger partial charge in [-0.25, -0.2) is 8.78 Å². The number of hydrogen-bond donors (Lipinski definition) is 0. The Labute approximate surface area is 130 Å². The predicted octanol–water partition coefficient (Wildman–Crippen LogP) is 3.69. The van der Waals surface area contributed by atoms with Crippen LogP contribution < -0.4 is 0 Å². The summed E-state index contributed by atoms with van der Waals surface area (Å²) in [4.78, 5) is 13.7. The van der Waals surface area contributed by atoms with E-state index in [9.17, 15) is 13.6 Å². The van der Waals surface area contributed by atoms with Crippen molar-refractivity contribution in [3.8, 4) is 11.8 Å². The number of carbonyl (C=O) groups is 1. The molecule has 0 amide bonds. The zero-order valence-electron chi connectivity index (χ0n) is 13.4. The van der Waals surface area contributed by atoms with Crippen LogP contribution in [0.15, 0.2) is 30.4 Å². The molecule has 0 heterocycles. The van der Waals surface area contributed by atoms with Crippen LogP contribution in [0.2, 0.25) is 0 Å². The number of benzene rings is 1. The van der Waals surface area contributed by atoms with Gasteiger partial charge in [0.2, 0.25) is 0 Å². The average molecular weight is 305 g/mol. The van der Waals surface area contributed by atoms with E-state index in [0.717, 1.165) is 18.2 Å². The molecule has 0 saturated carbocycles. The van der Waals surface area contributed by atoms with Crippen molar-refractivity contribution in [1.82, 2.24) is 4.90 Å². The first-order valence-electron chi connectivity index (χ1n) is 7.03. The van der Waals surface area contributed by atoms with Gasteiger partial charge >= 0.3 is 0 Å². The van der Waals surface area contributed by atoms with E-state index in [0.29, 0.717) is 6.54 Å². The minimum atomic E-state index is -0.747. The van der Waals surface area contributed by atoms with Gasteiger partial charge in [0.05, 0.1) is 6.54 Å². The van der Waals surface area contributed by atoms with E-state index < -0.39 is 11.6 Å². The Balaban J connectivity index is 2.54. The van der Waals surface area contributed by atoms with E-state index in [1.807, 2.05) is 26.8 Å². The molecule has 0 radical (unpaired) electrons. The van der Waals surface area contributed by atoms with Crippen molar-refractivity contribution in [2.75, 3.05) is 20.1 Å². The van der Waals surface area contributed by atoms with Crippen LogP contribution in [0, 0.1) is 28.9 Å². The third-order valence-electron chi connectivity index (χ3n) is 2.66. The second-order valence-corrected chi connectivity index (χ2v) is 6.20. The van der Waals surface area contributed by atoms with E-state index >= 15 is 0 Å². The summed E-state index contributed by atoms with van der Waals surface area (Å²) in [5, 5.41) is 0. The lowest BCUT2D eigenvalue weighted by Crippen LogP contribution is -2.26. The Morgan fingerprint density at radius 2 is 1.82 bits per heavy atom. The van der Waals surface area contributed by atoms with Crippen molar-refractivity contribution in [3.05, 3.63) is 47.5 Å². The molecule has 0 fully saturated rings. The number of hydrogen-bond acceptors (Lipinski definition) is 2. The molecule has 0 aliphatic rings. The van der Waals surface area contributed by atoms with E-state index in [-0.39, 0.29) is 23.3 Å². The van der Waals surface area contributed by atoms with Crippen LogP contribution in [-0.4, -0.2) is 30.8 Å². The number of halogens is 2. The van der Waals surface area contributed by atoms with Gasteiger partial charge in [-0.15, -0.1) is 0 Å². The second-order valence-electron chi connectivity index (χ2n) is 6.20. The molecule has 2 nitrogen and oxygen atoms in total. The smallest absolute Gasteiger partial charge is 0.177 e. The maximum Gasteiger partial charge on any atom is 0.177 e. The molecule has 0 aliphatic heterocycles. The fraction of sp³-hybridized carbons (Fsp3) is 0.389. The molecular formula is C18H21F2NO. The van der Waals surface area contributed by atoms with E-state index in [4.69, 9.17) is 0 Å². The minimum absolute atomic E-state index is 0.0425. The van der Waals surface area contributed by atoms with Crippen LogP contribution in [0.1, 0.15) is 31.1 Å². The van der Waals surface area contributed by atoms with Crippen molar-refractivity contribution in [2.45, 2.75) is 20.8 Å². The molecule has 0 spiro atoms. The number of nitrogens with zero attached hydrogens (tertiary/aromatic N) is 1. The molecule has 0 atom stereocenters. The third-order valence-corrected chi connectivity index (χ3v) is 2.66. The Morgan fingerprint density at radius 3 is 2.36 bits per heavy atom. The largest absolute Gasteiger partial charge is 0.295 e. The lowest BCUT2D eigenvalue weighted by Gasteiger charge is -2.13. The number of allylic oxidation sites excluding steroid dienone is 1. The molecule has 1 aromatic carbocycles. The van der Waals surface area contributed by atoms with Crippen LogP contribution >= 0.6 is 0 Å². The summed E-state index contributed by atoms with van der Waals surface area (Å²) in [7, 11) is 1.76. The maximum absolute atomic E-state index is 13.1. The molecule has 4 heteroatoms.